The van der Waals surface area contributed by atoms with Gasteiger partial charge < -0.3 is 24.8 Å². The molecule has 0 radical (unpaired) electrons. The summed E-state index contributed by atoms with van der Waals surface area (Å²) in [5, 5.41) is 6.05. The average Bonchev–Trinajstić information content (AvgIpc) is 3.35. The van der Waals surface area contributed by atoms with Crippen LogP contribution in [0.4, 0.5) is 10.5 Å². The van der Waals surface area contributed by atoms with E-state index in [1.807, 2.05) is 55.5 Å². The predicted octanol–water partition coefficient (Wildman–Crippen LogP) is 3.43. The number of nitrogens with one attached hydrogen (secondary N) is 2. The zero-order valence-corrected chi connectivity index (χ0v) is 18.7. The Morgan fingerprint density at radius 3 is 2.69 bits per heavy atom. The predicted molar refractivity (Wildman–Crippen MR) is 124 cm³/mol. The van der Waals surface area contributed by atoms with Crippen LogP contribution in [0, 0.1) is 12.8 Å². The highest BCUT2D eigenvalue weighted by molar-refractivity contribution is 5.91. The van der Waals surface area contributed by atoms with Crippen molar-refractivity contribution >= 4 is 11.7 Å². The van der Waals surface area contributed by atoms with Gasteiger partial charge in [0, 0.05) is 38.2 Å². The van der Waals surface area contributed by atoms with Gasteiger partial charge in [0.15, 0.2) is 0 Å². The molecular formula is C25H33N3O4. The van der Waals surface area contributed by atoms with Gasteiger partial charge in [-0.1, -0.05) is 36.4 Å². The topological polar surface area (TPSA) is 72.1 Å². The second-order valence-electron chi connectivity index (χ2n) is 8.45. The summed E-state index contributed by atoms with van der Waals surface area (Å²) in [5.41, 5.74) is 2.82. The molecule has 2 aliphatic heterocycles. The second kappa shape index (κ2) is 11.3. The van der Waals surface area contributed by atoms with E-state index < -0.39 is 0 Å². The van der Waals surface area contributed by atoms with Gasteiger partial charge >= 0.3 is 6.03 Å². The lowest BCUT2D eigenvalue weighted by molar-refractivity contribution is 0.00222. The van der Waals surface area contributed by atoms with Crippen LogP contribution in [0.3, 0.4) is 0 Å². The highest BCUT2D eigenvalue weighted by Crippen LogP contribution is 2.27. The third-order valence-electron chi connectivity index (χ3n) is 6.12. The summed E-state index contributed by atoms with van der Waals surface area (Å²) in [6, 6.07) is 15.8. The molecule has 0 aromatic heterocycles. The molecular weight excluding hydrogens is 406 g/mol. The molecule has 2 atom stereocenters. The number of urea groups is 1. The number of morpholine rings is 1. The van der Waals surface area contributed by atoms with Gasteiger partial charge in [-0.05, 0) is 36.6 Å². The minimum atomic E-state index is -0.226. The van der Waals surface area contributed by atoms with E-state index in [-0.39, 0.29) is 12.1 Å². The Bertz CT molecular complexity index is 865. The number of amides is 2. The molecule has 0 aliphatic carbocycles. The van der Waals surface area contributed by atoms with Gasteiger partial charge in [0.25, 0.3) is 0 Å². The van der Waals surface area contributed by atoms with Crippen molar-refractivity contribution in [2.24, 2.45) is 5.92 Å². The molecule has 2 saturated heterocycles. The van der Waals surface area contributed by atoms with Crippen LogP contribution in [-0.4, -0.2) is 63.0 Å². The molecule has 2 amide bonds. The van der Waals surface area contributed by atoms with Gasteiger partial charge in [-0.2, -0.15) is 0 Å². The number of nitrogens with zero attached hydrogens (tertiary/aromatic N) is 1. The molecule has 2 aliphatic rings. The van der Waals surface area contributed by atoms with Gasteiger partial charge in [0.2, 0.25) is 0 Å². The maximum atomic E-state index is 12.8. The van der Waals surface area contributed by atoms with E-state index >= 15 is 0 Å². The maximum absolute atomic E-state index is 12.8. The Labute approximate surface area is 190 Å². The van der Waals surface area contributed by atoms with Gasteiger partial charge in [-0.3, -0.25) is 4.90 Å². The summed E-state index contributed by atoms with van der Waals surface area (Å²) in [7, 11) is 0. The molecule has 7 nitrogen and oxygen atoms in total. The number of hydrogen-bond acceptors (Lipinski definition) is 5. The minimum Gasteiger partial charge on any atom is -0.487 e. The molecule has 2 fully saturated rings. The van der Waals surface area contributed by atoms with Crippen molar-refractivity contribution in [3.8, 4) is 5.75 Å². The van der Waals surface area contributed by atoms with Crippen LogP contribution < -0.4 is 15.4 Å². The quantitative estimate of drug-likeness (QED) is 0.659. The normalized spacial score (nSPS) is 20.0. The molecule has 7 heteroatoms. The summed E-state index contributed by atoms with van der Waals surface area (Å²) in [6.07, 6.45) is 1.03. The van der Waals surface area contributed by atoms with Crippen LogP contribution in [0.2, 0.25) is 0 Å². The lowest BCUT2D eigenvalue weighted by atomic mass is 9.97. The van der Waals surface area contributed by atoms with E-state index in [0.29, 0.717) is 30.5 Å². The summed E-state index contributed by atoms with van der Waals surface area (Å²) in [5.74, 6) is 1.09. The van der Waals surface area contributed by atoms with Crippen LogP contribution in [0.15, 0.2) is 48.5 Å². The number of anilines is 1. The molecule has 172 valence electrons. The lowest BCUT2D eigenvalue weighted by Crippen LogP contribution is -2.52. The number of rotatable bonds is 8. The van der Waals surface area contributed by atoms with Crippen molar-refractivity contribution in [3.05, 3.63) is 59.7 Å². The largest absolute Gasteiger partial charge is 0.487 e. The molecule has 2 unspecified atom stereocenters. The van der Waals surface area contributed by atoms with Gasteiger partial charge in [0.05, 0.1) is 25.5 Å². The third kappa shape index (κ3) is 6.22. The van der Waals surface area contributed by atoms with Crippen molar-refractivity contribution < 1.29 is 19.0 Å². The SMILES string of the molecule is Cc1ccc(NC(=O)NCC(C2CCOC2)N2CCOCC2)c(OCc2ccccc2)c1. The molecule has 2 heterocycles. The fraction of sp³-hybridized carbons (Fsp3) is 0.480. The highest BCUT2D eigenvalue weighted by atomic mass is 16.5. The smallest absolute Gasteiger partial charge is 0.319 e. The number of carbonyl (C=O) groups is 1. The number of benzene rings is 2. The maximum Gasteiger partial charge on any atom is 0.319 e. The van der Waals surface area contributed by atoms with Crippen molar-refractivity contribution in [1.82, 2.24) is 10.2 Å². The van der Waals surface area contributed by atoms with Gasteiger partial charge in [-0.15, -0.1) is 0 Å². The second-order valence-corrected chi connectivity index (χ2v) is 8.45. The summed E-state index contributed by atoms with van der Waals surface area (Å²) in [6.45, 7) is 7.83. The van der Waals surface area contributed by atoms with Crippen molar-refractivity contribution in [1.29, 1.82) is 0 Å². The molecule has 0 saturated carbocycles. The first-order chi connectivity index (χ1) is 15.7. The Morgan fingerprint density at radius 2 is 1.94 bits per heavy atom. The number of carbonyl (C=O) groups excluding carboxylic acids is 1. The van der Waals surface area contributed by atoms with Crippen LogP contribution >= 0.6 is 0 Å². The van der Waals surface area contributed by atoms with E-state index in [1.54, 1.807) is 0 Å². The van der Waals surface area contributed by atoms with Crippen molar-refractivity contribution in [2.75, 3.05) is 51.4 Å². The van der Waals surface area contributed by atoms with Crippen LogP contribution in [0.1, 0.15) is 17.5 Å². The van der Waals surface area contributed by atoms with E-state index in [9.17, 15) is 4.79 Å². The Morgan fingerprint density at radius 1 is 1.12 bits per heavy atom. The molecule has 2 aromatic carbocycles. The van der Waals surface area contributed by atoms with Crippen molar-refractivity contribution in [2.45, 2.75) is 26.0 Å². The Kier molecular flexibility index (Phi) is 7.98. The molecule has 0 bridgehead atoms. The fourth-order valence-corrected chi connectivity index (χ4v) is 4.31. The van der Waals surface area contributed by atoms with Gasteiger partial charge in [-0.25, -0.2) is 4.79 Å². The van der Waals surface area contributed by atoms with Crippen LogP contribution in [-0.2, 0) is 16.1 Å². The summed E-state index contributed by atoms with van der Waals surface area (Å²) in [4.78, 5) is 15.2. The molecule has 2 aromatic rings. The third-order valence-corrected chi connectivity index (χ3v) is 6.12. The lowest BCUT2D eigenvalue weighted by Gasteiger charge is -2.37. The number of hydrogen-bond donors (Lipinski definition) is 2. The van der Waals surface area contributed by atoms with E-state index in [2.05, 4.69) is 15.5 Å². The molecule has 4 rings (SSSR count). The first-order valence-electron chi connectivity index (χ1n) is 11.4. The summed E-state index contributed by atoms with van der Waals surface area (Å²) >= 11 is 0. The van der Waals surface area contributed by atoms with Crippen LogP contribution in [0.5, 0.6) is 5.75 Å². The zero-order chi connectivity index (χ0) is 22.2. The molecule has 0 spiro atoms. The average molecular weight is 440 g/mol. The monoisotopic (exact) mass is 439 g/mol. The highest BCUT2D eigenvalue weighted by Gasteiger charge is 2.31. The Hall–Kier alpha value is -2.61. The zero-order valence-electron chi connectivity index (χ0n) is 18.7. The summed E-state index contributed by atoms with van der Waals surface area (Å²) < 4.78 is 17.2. The fourth-order valence-electron chi connectivity index (χ4n) is 4.31. The van der Waals surface area contributed by atoms with E-state index in [4.69, 9.17) is 14.2 Å². The van der Waals surface area contributed by atoms with E-state index in [1.165, 1.54) is 0 Å². The van der Waals surface area contributed by atoms with Crippen LogP contribution in [0.25, 0.3) is 0 Å². The van der Waals surface area contributed by atoms with Gasteiger partial charge in [0.1, 0.15) is 12.4 Å². The molecule has 32 heavy (non-hydrogen) atoms. The van der Waals surface area contributed by atoms with Crippen molar-refractivity contribution in [3.63, 3.8) is 0 Å². The molecule has 2 N–H and O–H groups in total. The minimum absolute atomic E-state index is 0.226. The number of ether oxygens (including phenoxy) is 3. The first kappa shape index (κ1) is 22.6. The first-order valence-corrected chi connectivity index (χ1v) is 11.4. The van der Waals surface area contributed by atoms with E-state index in [0.717, 1.165) is 57.1 Å². The number of aryl methyl sites for hydroxylation is 1. The Balaban J connectivity index is 1.36. The standard InChI is InChI=1S/C25H33N3O4/c1-19-7-8-22(24(15-19)32-17-20-5-3-2-4-6-20)27-25(29)26-16-23(21-9-12-31-18-21)28-10-13-30-14-11-28/h2-8,15,21,23H,9-14,16-18H2,1H3,(H2,26,27,29).